The molecular formula is C20H18Cl3N3O3. The SMILES string of the molecule is COCCOc1cc(-c2ccc(Cl)c(Cl)c2)nn1-c1ccc(NC(=O)CCl)cc1. The number of nitrogens with one attached hydrogen (secondary N) is 1. The van der Waals surface area contributed by atoms with Crippen LogP contribution >= 0.6 is 34.8 Å². The summed E-state index contributed by atoms with van der Waals surface area (Å²) in [6.45, 7) is 0.809. The number of alkyl halides is 1. The number of hydrogen-bond acceptors (Lipinski definition) is 4. The van der Waals surface area contributed by atoms with Crippen LogP contribution in [-0.2, 0) is 9.53 Å². The lowest BCUT2D eigenvalue weighted by Gasteiger charge is -2.10. The fourth-order valence-corrected chi connectivity index (χ4v) is 2.92. The van der Waals surface area contributed by atoms with E-state index < -0.39 is 0 Å². The van der Waals surface area contributed by atoms with E-state index >= 15 is 0 Å². The van der Waals surface area contributed by atoms with Crippen molar-refractivity contribution >= 4 is 46.4 Å². The Hall–Kier alpha value is -2.25. The Morgan fingerprint density at radius 3 is 2.48 bits per heavy atom. The molecule has 152 valence electrons. The quantitative estimate of drug-likeness (QED) is 0.382. The van der Waals surface area contributed by atoms with Gasteiger partial charge in [0.05, 0.1) is 28.0 Å². The molecule has 3 aromatic rings. The van der Waals surface area contributed by atoms with E-state index in [1.807, 2.05) is 24.3 Å². The molecule has 1 N–H and O–H groups in total. The van der Waals surface area contributed by atoms with Crippen molar-refractivity contribution in [2.45, 2.75) is 0 Å². The zero-order chi connectivity index (χ0) is 20.8. The molecule has 0 aliphatic heterocycles. The summed E-state index contributed by atoms with van der Waals surface area (Å²) in [5.41, 5.74) is 2.88. The lowest BCUT2D eigenvalue weighted by molar-refractivity contribution is -0.113. The minimum atomic E-state index is -0.274. The standard InChI is InChI=1S/C20H18Cl3N3O3/c1-28-8-9-29-20-11-18(13-2-7-16(22)17(23)10-13)25-26(20)15-5-3-14(4-6-15)24-19(27)12-21/h2-7,10-11H,8-9,12H2,1H3,(H,24,27). The molecule has 0 unspecified atom stereocenters. The van der Waals surface area contributed by atoms with Crippen LogP contribution < -0.4 is 10.1 Å². The number of methoxy groups -OCH3 is 1. The molecule has 0 spiro atoms. The van der Waals surface area contributed by atoms with Crippen molar-refractivity contribution in [2.75, 3.05) is 31.5 Å². The number of anilines is 1. The van der Waals surface area contributed by atoms with E-state index in [0.717, 1.165) is 11.3 Å². The number of aromatic nitrogens is 2. The molecule has 0 saturated heterocycles. The maximum atomic E-state index is 11.4. The summed E-state index contributed by atoms with van der Waals surface area (Å²) in [6, 6.07) is 14.3. The van der Waals surface area contributed by atoms with Gasteiger partial charge in [-0.3, -0.25) is 4.79 Å². The van der Waals surface area contributed by atoms with Crippen molar-refractivity contribution in [3.05, 3.63) is 58.6 Å². The van der Waals surface area contributed by atoms with Crippen LogP contribution in [0.2, 0.25) is 10.0 Å². The number of hydrogen-bond donors (Lipinski definition) is 1. The number of halogens is 3. The predicted octanol–water partition coefficient (Wildman–Crippen LogP) is 5.05. The van der Waals surface area contributed by atoms with Crippen LogP contribution in [0.25, 0.3) is 16.9 Å². The molecule has 3 rings (SSSR count). The average molecular weight is 455 g/mol. The summed E-state index contributed by atoms with van der Waals surface area (Å²) in [4.78, 5) is 11.4. The Kier molecular flexibility index (Phi) is 7.39. The third kappa shape index (κ3) is 5.42. The van der Waals surface area contributed by atoms with Crippen LogP contribution in [0.15, 0.2) is 48.5 Å². The van der Waals surface area contributed by atoms with Crippen molar-refractivity contribution in [1.82, 2.24) is 9.78 Å². The third-order valence-electron chi connectivity index (χ3n) is 3.95. The highest BCUT2D eigenvalue weighted by Gasteiger charge is 2.14. The smallest absolute Gasteiger partial charge is 0.239 e. The summed E-state index contributed by atoms with van der Waals surface area (Å²) in [5.74, 6) is 0.162. The molecule has 2 aromatic carbocycles. The van der Waals surface area contributed by atoms with E-state index in [9.17, 15) is 4.79 Å². The highest BCUT2D eigenvalue weighted by atomic mass is 35.5. The fraction of sp³-hybridized carbons (Fsp3) is 0.200. The van der Waals surface area contributed by atoms with E-state index in [2.05, 4.69) is 10.4 Å². The first-order valence-electron chi connectivity index (χ1n) is 8.65. The maximum Gasteiger partial charge on any atom is 0.239 e. The number of rotatable bonds is 8. The van der Waals surface area contributed by atoms with E-state index in [-0.39, 0.29) is 11.8 Å². The van der Waals surface area contributed by atoms with Crippen molar-refractivity contribution in [1.29, 1.82) is 0 Å². The molecule has 1 aromatic heterocycles. The van der Waals surface area contributed by atoms with Gasteiger partial charge in [0.25, 0.3) is 0 Å². The molecule has 9 heteroatoms. The van der Waals surface area contributed by atoms with Gasteiger partial charge in [0, 0.05) is 24.4 Å². The Balaban J connectivity index is 1.94. The molecule has 29 heavy (non-hydrogen) atoms. The molecule has 1 amide bonds. The maximum absolute atomic E-state index is 11.4. The molecule has 0 aliphatic carbocycles. The number of nitrogens with zero attached hydrogens (tertiary/aromatic N) is 2. The summed E-state index contributed by atoms with van der Waals surface area (Å²) in [6.07, 6.45) is 0. The Bertz CT molecular complexity index is 990. The van der Waals surface area contributed by atoms with E-state index in [0.29, 0.717) is 40.5 Å². The predicted molar refractivity (Wildman–Crippen MR) is 116 cm³/mol. The fourth-order valence-electron chi connectivity index (χ4n) is 2.56. The highest BCUT2D eigenvalue weighted by Crippen LogP contribution is 2.31. The second-order valence-corrected chi connectivity index (χ2v) is 7.06. The van der Waals surface area contributed by atoms with Gasteiger partial charge < -0.3 is 14.8 Å². The van der Waals surface area contributed by atoms with Crippen molar-refractivity contribution < 1.29 is 14.3 Å². The number of ether oxygens (including phenoxy) is 2. The minimum Gasteiger partial charge on any atom is -0.475 e. The Labute approximate surface area is 183 Å². The first-order chi connectivity index (χ1) is 14.0. The topological polar surface area (TPSA) is 65.4 Å². The minimum absolute atomic E-state index is 0.106. The van der Waals surface area contributed by atoms with Crippen molar-refractivity contribution in [3.8, 4) is 22.8 Å². The first-order valence-corrected chi connectivity index (χ1v) is 9.94. The van der Waals surface area contributed by atoms with Crippen LogP contribution in [-0.4, -0.2) is 41.9 Å². The van der Waals surface area contributed by atoms with Gasteiger partial charge in [0.1, 0.15) is 12.5 Å². The van der Waals surface area contributed by atoms with Gasteiger partial charge in [-0.05, 0) is 36.4 Å². The number of carbonyl (C=O) groups excluding carboxylic acids is 1. The second kappa shape index (κ2) is 9.98. The zero-order valence-electron chi connectivity index (χ0n) is 15.5. The monoisotopic (exact) mass is 453 g/mol. The van der Waals surface area contributed by atoms with Gasteiger partial charge in [0.2, 0.25) is 11.8 Å². The van der Waals surface area contributed by atoms with Gasteiger partial charge >= 0.3 is 0 Å². The van der Waals surface area contributed by atoms with E-state index in [4.69, 9.17) is 44.3 Å². The lowest BCUT2D eigenvalue weighted by atomic mass is 10.1. The van der Waals surface area contributed by atoms with Crippen LogP contribution in [0, 0.1) is 0 Å². The molecule has 0 fully saturated rings. The Morgan fingerprint density at radius 2 is 1.83 bits per heavy atom. The zero-order valence-corrected chi connectivity index (χ0v) is 17.8. The van der Waals surface area contributed by atoms with E-state index in [1.165, 1.54) is 0 Å². The summed E-state index contributed by atoms with van der Waals surface area (Å²) in [7, 11) is 1.61. The summed E-state index contributed by atoms with van der Waals surface area (Å²) in [5, 5.41) is 8.26. The van der Waals surface area contributed by atoms with Crippen LogP contribution in [0.1, 0.15) is 0 Å². The van der Waals surface area contributed by atoms with Gasteiger partial charge in [-0.15, -0.1) is 11.6 Å². The number of benzene rings is 2. The lowest BCUT2D eigenvalue weighted by Crippen LogP contribution is -2.12. The second-order valence-electron chi connectivity index (χ2n) is 5.98. The number of carbonyl (C=O) groups is 1. The van der Waals surface area contributed by atoms with Gasteiger partial charge in [-0.1, -0.05) is 29.3 Å². The van der Waals surface area contributed by atoms with Gasteiger partial charge in [-0.25, -0.2) is 4.68 Å². The normalized spacial score (nSPS) is 10.8. The van der Waals surface area contributed by atoms with Crippen molar-refractivity contribution in [3.63, 3.8) is 0 Å². The molecule has 0 atom stereocenters. The van der Waals surface area contributed by atoms with Crippen LogP contribution in [0.4, 0.5) is 5.69 Å². The molecule has 0 aliphatic rings. The van der Waals surface area contributed by atoms with Crippen molar-refractivity contribution in [2.24, 2.45) is 0 Å². The van der Waals surface area contributed by atoms with Gasteiger partial charge in [-0.2, -0.15) is 5.10 Å². The highest BCUT2D eigenvalue weighted by molar-refractivity contribution is 6.42. The molecule has 6 nitrogen and oxygen atoms in total. The Morgan fingerprint density at radius 1 is 1.07 bits per heavy atom. The molecule has 0 saturated carbocycles. The average Bonchev–Trinajstić information content (AvgIpc) is 3.15. The van der Waals surface area contributed by atoms with Crippen LogP contribution in [0.3, 0.4) is 0 Å². The third-order valence-corrected chi connectivity index (χ3v) is 4.93. The van der Waals surface area contributed by atoms with Crippen LogP contribution in [0.5, 0.6) is 5.88 Å². The largest absolute Gasteiger partial charge is 0.475 e. The van der Waals surface area contributed by atoms with Gasteiger partial charge in [0.15, 0.2) is 0 Å². The molecule has 0 bridgehead atoms. The first kappa shape index (κ1) is 21.5. The van der Waals surface area contributed by atoms with E-state index in [1.54, 1.807) is 36.1 Å². The molecular weight excluding hydrogens is 437 g/mol. The summed E-state index contributed by atoms with van der Waals surface area (Å²) < 4.78 is 12.6. The molecule has 0 radical (unpaired) electrons. The number of amides is 1. The summed E-state index contributed by atoms with van der Waals surface area (Å²) >= 11 is 17.7. The molecule has 1 heterocycles.